The third-order valence-electron chi connectivity index (χ3n) is 3.03. The number of carbonyl (C=O) groups is 2. The van der Waals surface area contributed by atoms with Gasteiger partial charge in [-0.05, 0) is 30.7 Å². The Morgan fingerprint density at radius 1 is 1.17 bits per heavy atom. The molecule has 23 heavy (non-hydrogen) atoms. The number of aromatic nitrogens is 1. The molecule has 1 amide bonds. The van der Waals surface area contributed by atoms with Crippen LogP contribution in [0.4, 0.5) is 5.69 Å². The minimum atomic E-state index is -0.452. The second kappa shape index (κ2) is 8.65. The van der Waals surface area contributed by atoms with E-state index in [9.17, 15) is 9.59 Å². The average molecular weight is 313 g/mol. The molecular formula is C17H19N3O3. The van der Waals surface area contributed by atoms with Crippen LogP contribution in [0.2, 0.25) is 0 Å². The minimum Gasteiger partial charge on any atom is -0.462 e. The van der Waals surface area contributed by atoms with Gasteiger partial charge in [-0.3, -0.25) is 9.78 Å². The Balaban J connectivity index is 1.89. The number of hydrogen-bond donors (Lipinski definition) is 2. The number of rotatable bonds is 7. The van der Waals surface area contributed by atoms with Crippen molar-refractivity contribution in [3.63, 3.8) is 0 Å². The van der Waals surface area contributed by atoms with Crippen molar-refractivity contribution in [2.75, 3.05) is 18.5 Å². The van der Waals surface area contributed by atoms with Gasteiger partial charge in [0.1, 0.15) is 0 Å². The highest BCUT2D eigenvalue weighted by molar-refractivity contribution is 6.01. The lowest BCUT2D eigenvalue weighted by Gasteiger charge is -2.10. The summed E-state index contributed by atoms with van der Waals surface area (Å²) in [5.74, 6) is -0.683. The smallest absolute Gasteiger partial charge is 0.340 e. The molecule has 0 unspecified atom stereocenters. The first kappa shape index (κ1) is 16.6. The highest BCUT2D eigenvalue weighted by atomic mass is 16.5. The van der Waals surface area contributed by atoms with Gasteiger partial charge in [-0.1, -0.05) is 18.2 Å². The lowest BCUT2D eigenvalue weighted by atomic mass is 10.2. The Hall–Kier alpha value is -2.73. The largest absolute Gasteiger partial charge is 0.462 e. The van der Waals surface area contributed by atoms with Crippen molar-refractivity contribution in [1.82, 2.24) is 10.3 Å². The second-order valence-corrected chi connectivity index (χ2v) is 4.78. The van der Waals surface area contributed by atoms with Crippen LogP contribution in [0.3, 0.4) is 0 Å². The van der Waals surface area contributed by atoms with Gasteiger partial charge in [-0.15, -0.1) is 0 Å². The molecule has 1 aromatic carbocycles. The summed E-state index contributed by atoms with van der Waals surface area (Å²) < 4.78 is 4.98. The number of pyridine rings is 1. The minimum absolute atomic E-state index is 0.131. The molecule has 0 radical (unpaired) electrons. The topological polar surface area (TPSA) is 80.3 Å². The van der Waals surface area contributed by atoms with Gasteiger partial charge in [0.15, 0.2) is 0 Å². The number of nitrogens with zero attached hydrogens (tertiary/aromatic N) is 1. The number of anilines is 1. The molecule has 0 bridgehead atoms. The van der Waals surface area contributed by atoms with Gasteiger partial charge in [-0.25, -0.2) is 4.79 Å². The highest BCUT2D eigenvalue weighted by Crippen LogP contribution is 2.16. The molecule has 0 saturated heterocycles. The number of ether oxygens (including phenoxy) is 1. The zero-order chi connectivity index (χ0) is 16.5. The van der Waals surface area contributed by atoms with Crippen LogP contribution in [-0.4, -0.2) is 30.0 Å². The number of amides is 1. The Labute approximate surface area is 134 Å². The Morgan fingerprint density at radius 2 is 2.00 bits per heavy atom. The molecule has 2 aromatic rings. The van der Waals surface area contributed by atoms with Crippen molar-refractivity contribution in [2.45, 2.75) is 13.5 Å². The molecule has 1 aromatic heterocycles. The predicted octanol–water partition coefficient (Wildman–Crippen LogP) is 1.99. The van der Waals surface area contributed by atoms with E-state index < -0.39 is 5.97 Å². The summed E-state index contributed by atoms with van der Waals surface area (Å²) in [4.78, 5) is 27.9. The van der Waals surface area contributed by atoms with Crippen LogP contribution in [0, 0.1) is 0 Å². The van der Waals surface area contributed by atoms with E-state index in [1.54, 1.807) is 43.6 Å². The van der Waals surface area contributed by atoms with Crippen LogP contribution in [0.1, 0.15) is 22.8 Å². The summed E-state index contributed by atoms with van der Waals surface area (Å²) in [5, 5.41) is 5.75. The van der Waals surface area contributed by atoms with E-state index in [4.69, 9.17) is 4.74 Å². The predicted molar refractivity (Wildman–Crippen MR) is 87.0 cm³/mol. The van der Waals surface area contributed by atoms with E-state index in [0.29, 0.717) is 17.8 Å². The zero-order valence-corrected chi connectivity index (χ0v) is 12.9. The van der Waals surface area contributed by atoms with E-state index >= 15 is 0 Å². The molecule has 0 spiro atoms. The van der Waals surface area contributed by atoms with Crippen LogP contribution in [0.5, 0.6) is 0 Å². The lowest BCUT2D eigenvalue weighted by molar-refractivity contribution is -0.115. The SMILES string of the molecule is CCOC(=O)c1ccccc1NC(=O)CNCc1cccnc1. The van der Waals surface area contributed by atoms with Crippen molar-refractivity contribution < 1.29 is 14.3 Å². The van der Waals surface area contributed by atoms with Crippen molar-refractivity contribution in [2.24, 2.45) is 0 Å². The van der Waals surface area contributed by atoms with Crippen LogP contribution < -0.4 is 10.6 Å². The third-order valence-corrected chi connectivity index (χ3v) is 3.03. The fourth-order valence-corrected chi connectivity index (χ4v) is 2.00. The van der Waals surface area contributed by atoms with Crippen molar-refractivity contribution in [3.8, 4) is 0 Å². The zero-order valence-electron chi connectivity index (χ0n) is 12.9. The fraction of sp³-hybridized carbons (Fsp3) is 0.235. The molecule has 2 rings (SSSR count). The van der Waals surface area contributed by atoms with E-state index in [1.165, 1.54) is 0 Å². The third kappa shape index (κ3) is 5.19. The van der Waals surface area contributed by atoms with Gasteiger partial charge in [0.2, 0.25) is 5.91 Å². The molecule has 2 N–H and O–H groups in total. The van der Waals surface area contributed by atoms with E-state index in [0.717, 1.165) is 5.56 Å². The van der Waals surface area contributed by atoms with Gasteiger partial charge in [-0.2, -0.15) is 0 Å². The van der Waals surface area contributed by atoms with E-state index in [2.05, 4.69) is 15.6 Å². The standard InChI is InChI=1S/C17H19N3O3/c1-2-23-17(22)14-7-3-4-8-15(14)20-16(21)12-19-11-13-6-5-9-18-10-13/h3-10,19H,2,11-12H2,1H3,(H,20,21). The summed E-state index contributed by atoms with van der Waals surface area (Å²) in [5.41, 5.74) is 1.78. The van der Waals surface area contributed by atoms with Gasteiger partial charge in [0, 0.05) is 18.9 Å². The molecule has 0 atom stereocenters. The second-order valence-electron chi connectivity index (χ2n) is 4.78. The summed E-state index contributed by atoms with van der Waals surface area (Å²) in [6.45, 7) is 2.70. The quantitative estimate of drug-likeness (QED) is 0.764. The molecule has 0 saturated carbocycles. The molecule has 0 aliphatic rings. The molecule has 0 fully saturated rings. The number of esters is 1. The Morgan fingerprint density at radius 3 is 2.74 bits per heavy atom. The van der Waals surface area contributed by atoms with Crippen LogP contribution in [0.25, 0.3) is 0 Å². The van der Waals surface area contributed by atoms with Gasteiger partial charge < -0.3 is 15.4 Å². The highest BCUT2D eigenvalue weighted by Gasteiger charge is 2.13. The number of benzene rings is 1. The average Bonchev–Trinajstić information content (AvgIpc) is 2.56. The number of para-hydroxylation sites is 1. The van der Waals surface area contributed by atoms with Crippen LogP contribution >= 0.6 is 0 Å². The van der Waals surface area contributed by atoms with E-state index in [1.807, 2.05) is 12.1 Å². The first-order valence-corrected chi connectivity index (χ1v) is 7.36. The maximum absolute atomic E-state index is 12.0. The summed E-state index contributed by atoms with van der Waals surface area (Å²) >= 11 is 0. The molecular weight excluding hydrogens is 294 g/mol. The van der Waals surface area contributed by atoms with Crippen molar-refractivity contribution in [1.29, 1.82) is 0 Å². The molecule has 120 valence electrons. The molecule has 6 heteroatoms. The normalized spacial score (nSPS) is 10.1. The maximum atomic E-state index is 12.0. The van der Waals surface area contributed by atoms with Crippen LogP contribution in [-0.2, 0) is 16.1 Å². The molecule has 0 aliphatic carbocycles. The summed E-state index contributed by atoms with van der Waals surface area (Å²) in [7, 11) is 0. The van der Waals surface area contributed by atoms with Crippen molar-refractivity contribution in [3.05, 3.63) is 59.9 Å². The van der Waals surface area contributed by atoms with Crippen LogP contribution in [0.15, 0.2) is 48.8 Å². The first-order valence-electron chi connectivity index (χ1n) is 7.36. The number of carbonyl (C=O) groups excluding carboxylic acids is 2. The van der Waals surface area contributed by atoms with E-state index in [-0.39, 0.29) is 19.1 Å². The number of nitrogens with one attached hydrogen (secondary N) is 2. The monoisotopic (exact) mass is 313 g/mol. The Bertz CT molecular complexity index is 659. The van der Waals surface area contributed by atoms with Gasteiger partial charge in [0.05, 0.1) is 24.4 Å². The Kier molecular flexibility index (Phi) is 6.26. The van der Waals surface area contributed by atoms with Gasteiger partial charge in [0.25, 0.3) is 0 Å². The molecule has 6 nitrogen and oxygen atoms in total. The van der Waals surface area contributed by atoms with Gasteiger partial charge >= 0.3 is 5.97 Å². The lowest BCUT2D eigenvalue weighted by Crippen LogP contribution is -2.28. The summed E-state index contributed by atoms with van der Waals surface area (Å²) in [6.07, 6.45) is 3.43. The first-order chi connectivity index (χ1) is 11.2. The number of hydrogen-bond acceptors (Lipinski definition) is 5. The molecule has 0 aliphatic heterocycles. The maximum Gasteiger partial charge on any atom is 0.340 e. The summed E-state index contributed by atoms with van der Waals surface area (Å²) in [6, 6.07) is 10.5. The molecule has 1 heterocycles. The van der Waals surface area contributed by atoms with Crippen molar-refractivity contribution >= 4 is 17.6 Å². The fourth-order valence-electron chi connectivity index (χ4n) is 2.00.